The Hall–Kier alpha value is -4.51. The normalized spacial score (nSPS) is 13.4. The number of pyridine rings is 2. The van der Waals surface area contributed by atoms with Gasteiger partial charge in [0, 0.05) is 37.4 Å². The molecule has 0 fully saturated rings. The van der Waals surface area contributed by atoms with Crippen LogP contribution in [-0.2, 0) is 14.1 Å². The number of fused-ring (bicyclic) bond motifs is 3. The van der Waals surface area contributed by atoms with Crippen molar-refractivity contribution in [2.45, 2.75) is 6.92 Å². The van der Waals surface area contributed by atoms with E-state index in [0.29, 0.717) is 11.5 Å². The van der Waals surface area contributed by atoms with Crippen LogP contribution in [-0.4, -0.2) is 34.7 Å². The van der Waals surface area contributed by atoms with Crippen LogP contribution in [0.4, 0.5) is 0 Å². The topological polar surface area (TPSA) is 119 Å². The molecule has 0 saturated carbocycles. The van der Waals surface area contributed by atoms with Gasteiger partial charge in [-0.2, -0.15) is 5.10 Å². The maximum absolute atomic E-state index is 13.2. The second kappa shape index (κ2) is 7.00. The van der Waals surface area contributed by atoms with E-state index in [1.165, 1.54) is 0 Å². The molecule has 11 heteroatoms. The highest BCUT2D eigenvalue weighted by molar-refractivity contribution is 6.04. The van der Waals surface area contributed by atoms with Gasteiger partial charge in [0.2, 0.25) is 0 Å². The lowest BCUT2D eigenvalue weighted by atomic mass is 10.0. The van der Waals surface area contributed by atoms with Gasteiger partial charge in [0.15, 0.2) is 5.84 Å². The number of hydrogen-bond acceptors (Lipinski definition) is 8. The van der Waals surface area contributed by atoms with E-state index in [4.69, 9.17) is 0 Å². The van der Waals surface area contributed by atoms with Gasteiger partial charge in [-0.15, -0.1) is 10.6 Å². The molecule has 1 aliphatic heterocycles. The molecule has 1 aromatic carbocycles. The molecule has 6 rings (SSSR count). The monoisotopic (exact) mass is 440 g/mol. The zero-order valence-electron chi connectivity index (χ0n) is 18.2. The third-order valence-electron chi connectivity index (χ3n) is 5.86. The molecule has 3 N–H and O–H groups in total. The van der Waals surface area contributed by atoms with Crippen molar-refractivity contribution in [1.82, 2.24) is 45.4 Å². The molecule has 33 heavy (non-hydrogen) atoms. The second-order valence-electron chi connectivity index (χ2n) is 7.93. The highest BCUT2D eigenvalue weighted by Crippen LogP contribution is 2.30. The summed E-state index contributed by atoms with van der Waals surface area (Å²) >= 11 is 0. The molecule has 4 aromatic heterocycles. The lowest BCUT2D eigenvalue weighted by molar-refractivity contribution is 0.577. The van der Waals surface area contributed by atoms with Crippen molar-refractivity contribution in [1.29, 1.82) is 0 Å². The predicted octanol–water partition coefficient (Wildman–Crippen LogP) is 1.26. The van der Waals surface area contributed by atoms with Crippen molar-refractivity contribution in [3.05, 3.63) is 70.8 Å². The zero-order valence-corrected chi connectivity index (χ0v) is 18.2. The van der Waals surface area contributed by atoms with Crippen molar-refractivity contribution >= 4 is 27.8 Å². The maximum atomic E-state index is 13.2. The molecular formula is C22H20N10O. The van der Waals surface area contributed by atoms with E-state index in [2.05, 4.69) is 42.7 Å². The number of amidine groups is 1. The van der Waals surface area contributed by atoms with E-state index in [1.54, 1.807) is 33.3 Å². The lowest BCUT2D eigenvalue weighted by Gasteiger charge is -2.08. The summed E-state index contributed by atoms with van der Waals surface area (Å²) < 4.78 is 5.05. The Morgan fingerprint density at radius 3 is 2.55 bits per heavy atom. The van der Waals surface area contributed by atoms with Crippen LogP contribution in [0.2, 0.25) is 0 Å². The third kappa shape index (κ3) is 2.90. The Morgan fingerprint density at radius 1 is 1.00 bits per heavy atom. The number of hydrazine groups is 2. The number of hydrazone groups is 1. The molecule has 5 heterocycles. The summed E-state index contributed by atoms with van der Waals surface area (Å²) in [4.78, 5) is 22.4. The van der Waals surface area contributed by atoms with Gasteiger partial charge in [-0.05, 0) is 30.7 Å². The van der Waals surface area contributed by atoms with Crippen LogP contribution in [0.1, 0.15) is 11.4 Å². The minimum absolute atomic E-state index is 0.140. The Kier molecular flexibility index (Phi) is 4.07. The standard InChI is InChI=1S/C22H20N10O/c1-12-19(11-30(2)27-12)32-20-15-8-13(4-6-16(15)24-10-18(20)31(3)22(32)33)14-5-7-17(23-9-14)21-25-28-29-26-21/h4-11,28-29H,1-3H3,(H,25,26). The zero-order chi connectivity index (χ0) is 22.7. The van der Waals surface area contributed by atoms with E-state index < -0.39 is 0 Å². The molecule has 0 unspecified atom stereocenters. The van der Waals surface area contributed by atoms with Crippen LogP contribution in [0.3, 0.4) is 0 Å². The molecule has 0 saturated heterocycles. The molecule has 0 atom stereocenters. The number of aryl methyl sites for hydroxylation is 3. The molecule has 0 bridgehead atoms. The molecule has 5 aromatic rings. The van der Waals surface area contributed by atoms with Gasteiger partial charge in [0.05, 0.1) is 34.1 Å². The summed E-state index contributed by atoms with van der Waals surface area (Å²) in [5.74, 6) is 0.617. The number of imidazole rings is 1. The second-order valence-corrected chi connectivity index (χ2v) is 7.93. The summed E-state index contributed by atoms with van der Waals surface area (Å²) in [6.45, 7) is 1.90. The number of nitrogens with one attached hydrogen (secondary N) is 3. The highest BCUT2D eigenvalue weighted by atomic mass is 16.1. The Bertz CT molecular complexity index is 1640. The largest absolute Gasteiger partial charge is 0.333 e. The fourth-order valence-corrected chi connectivity index (χ4v) is 4.23. The number of hydrogen-bond donors (Lipinski definition) is 3. The van der Waals surface area contributed by atoms with E-state index in [-0.39, 0.29) is 5.69 Å². The molecule has 11 nitrogen and oxygen atoms in total. The molecule has 1 aliphatic rings. The average Bonchev–Trinajstić information content (AvgIpc) is 3.53. The molecule has 0 aliphatic carbocycles. The van der Waals surface area contributed by atoms with Gasteiger partial charge in [0.25, 0.3) is 0 Å². The average molecular weight is 440 g/mol. The van der Waals surface area contributed by atoms with Gasteiger partial charge >= 0.3 is 5.69 Å². The lowest BCUT2D eigenvalue weighted by Crippen LogP contribution is -2.35. The Labute approximate surface area is 187 Å². The summed E-state index contributed by atoms with van der Waals surface area (Å²) in [6.07, 6.45) is 5.41. The van der Waals surface area contributed by atoms with Crippen molar-refractivity contribution in [2.75, 3.05) is 0 Å². The summed E-state index contributed by atoms with van der Waals surface area (Å²) in [5, 5.41) is 9.38. The SMILES string of the molecule is Cc1nn(C)cc1-n1c(=O)n(C)c2cnc3ccc(-c4ccc(C5=NNNN5)nc4)cc3c21. The quantitative estimate of drug-likeness (QED) is 0.386. The van der Waals surface area contributed by atoms with E-state index in [1.807, 2.05) is 44.4 Å². The van der Waals surface area contributed by atoms with E-state index in [9.17, 15) is 4.79 Å². The van der Waals surface area contributed by atoms with Crippen molar-refractivity contribution < 1.29 is 0 Å². The summed E-state index contributed by atoms with van der Waals surface area (Å²) in [7, 11) is 3.61. The summed E-state index contributed by atoms with van der Waals surface area (Å²) in [5.41, 5.74) is 14.6. The van der Waals surface area contributed by atoms with Gasteiger partial charge in [-0.3, -0.25) is 29.2 Å². The molecule has 0 radical (unpaired) electrons. The van der Waals surface area contributed by atoms with E-state index in [0.717, 1.165) is 44.4 Å². The predicted molar refractivity (Wildman–Crippen MR) is 124 cm³/mol. The first-order valence-corrected chi connectivity index (χ1v) is 10.3. The smallest absolute Gasteiger partial charge is 0.293 e. The number of rotatable bonds is 3. The van der Waals surface area contributed by atoms with Crippen molar-refractivity contribution in [3.63, 3.8) is 0 Å². The number of nitrogens with zero attached hydrogens (tertiary/aromatic N) is 7. The van der Waals surface area contributed by atoms with Gasteiger partial charge < -0.3 is 0 Å². The first kappa shape index (κ1) is 19.2. The van der Waals surface area contributed by atoms with Crippen LogP contribution in [0.15, 0.2) is 58.8 Å². The minimum atomic E-state index is -0.140. The number of aromatic nitrogens is 6. The summed E-state index contributed by atoms with van der Waals surface area (Å²) in [6, 6.07) is 9.91. The van der Waals surface area contributed by atoms with E-state index >= 15 is 0 Å². The number of benzene rings is 1. The van der Waals surface area contributed by atoms with Crippen LogP contribution >= 0.6 is 0 Å². The van der Waals surface area contributed by atoms with Gasteiger partial charge in [0.1, 0.15) is 5.69 Å². The fraction of sp³-hybridized carbons (Fsp3) is 0.136. The molecule has 0 amide bonds. The fourth-order valence-electron chi connectivity index (χ4n) is 4.23. The Morgan fingerprint density at radius 2 is 1.85 bits per heavy atom. The van der Waals surface area contributed by atoms with Crippen LogP contribution in [0.5, 0.6) is 0 Å². The molecular weight excluding hydrogens is 420 g/mol. The van der Waals surface area contributed by atoms with Crippen molar-refractivity contribution in [3.8, 4) is 16.8 Å². The maximum Gasteiger partial charge on any atom is 0.333 e. The molecule has 0 spiro atoms. The van der Waals surface area contributed by atoms with Gasteiger partial charge in [-0.25, -0.2) is 10.3 Å². The van der Waals surface area contributed by atoms with Crippen LogP contribution in [0.25, 0.3) is 38.8 Å². The first-order valence-electron chi connectivity index (χ1n) is 10.3. The van der Waals surface area contributed by atoms with Crippen LogP contribution in [0, 0.1) is 6.92 Å². The third-order valence-corrected chi connectivity index (χ3v) is 5.86. The first-order chi connectivity index (χ1) is 16.0. The van der Waals surface area contributed by atoms with Crippen molar-refractivity contribution in [2.24, 2.45) is 19.2 Å². The highest BCUT2D eigenvalue weighted by Gasteiger charge is 2.19. The Balaban J connectivity index is 1.57. The van der Waals surface area contributed by atoms with Gasteiger partial charge in [-0.1, -0.05) is 12.1 Å². The molecule has 164 valence electrons. The van der Waals surface area contributed by atoms with Crippen LogP contribution < -0.4 is 22.2 Å². The minimum Gasteiger partial charge on any atom is -0.293 e.